The van der Waals surface area contributed by atoms with E-state index in [0.717, 1.165) is 68.8 Å². The van der Waals surface area contributed by atoms with Crippen LogP contribution in [0.4, 0.5) is 0 Å². The van der Waals surface area contributed by atoms with Crippen molar-refractivity contribution >= 4 is 11.0 Å². The van der Waals surface area contributed by atoms with Gasteiger partial charge in [-0.2, -0.15) is 4.98 Å². The number of nitrogens with one attached hydrogen (secondary N) is 1. The lowest BCUT2D eigenvalue weighted by molar-refractivity contribution is 0.0371. The van der Waals surface area contributed by atoms with E-state index in [0.29, 0.717) is 11.7 Å². The molecular formula is C17H21N5O2. The van der Waals surface area contributed by atoms with Crippen LogP contribution in [0.15, 0.2) is 28.9 Å². The molecule has 0 aliphatic carbocycles. The summed E-state index contributed by atoms with van der Waals surface area (Å²) in [6.45, 7) is 4.89. The fourth-order valence-corrected chi connectivity index (χ4v) is 2.96. The third-order valence-electron chi connectivity index (χ3n) is 4.32. The van der Waals surface area contributed by atoms with E-state index in [4.69, 9.17) is 9.26 Å². The number of aryl methyl sites for hydroxylation is 1. The lowest BCUT2D eigenvalue weighted by Gasteiger charge is -2.26. The zero-order valence-corrected chi connectivity index (χ0v) is 13.6. The number of aromatic nitrogens is 4. The molecule has 4 rings (SSSR count). The number of aromatic amines is 1. The molecule has 0 amide bonds. The lowest BCUT2D eigenvalue weighted by Crippen LogP contribution is -2.36. The Balaban J connectivity index is 1.31. The van der Waals surface area contributed by atoms with Gasteiger partial charge in [-0.25, -0.2) is 4.98 Å². The first-order chi connectivity index (χ1) is 11.9. The second kappa shape index (κ2) is 7.11. The Morgan fingerprint density at radius 2 is 2.00 bits per heavy atom. The molecule has 0 aromatic carbocycles. The van der Waals surface area contributed by atoms with Gasteiger partial charge in [0, 0.05) is 25.7 Å². The Bertz CT molecular complexity index is 791. The third-order valence-corrected chi connectivity index (χ3v) is 4.32. The molecule has 1 aliphatic heterocycles. The molecule has 1 aliphatic rings. The van der Waals surface area contributed by atoms with E-state index in [1.165, 1.54) is 0 Å². The van der Waals surface area contributed by atoms with Crippen molar-refractivity contribution in [3.63, 3.8) is 0 Å². The van der Waals surface area contributed by atoms with Crippen LogP contribution in [0.25, 0.3) is 22.6 Å². The minimum Gasteiger partial charge on any atom is -0.379 e. The summed E-state index contributed by atoms with van der Waals surface area (Å²) < 4.78 is 10.7. The maximum atomic E-state index is 5.36. The topological polar surface area (TPSA) is 80.1 Å². The number of hydrogen-bond acceptors (Lipinski definition) is 6. The van der Waals surface area contributed by atoms with Gasteiger partial charge >= 0.3 is 0 Å². The molecule has 0 unspecified atom stereocenters. The van der Waals surface area contributed by atoms with Crippen molar-refractivity contribution in [3.8, 4) is 11.5 Å². The first-order valence-corrected chi connectivity index (χ1v) is 8.46. The van der Waals surface area contributed by atoms with Crippen LogP contribution in [0.3, 0.4) is 0 Å². The molecule has 3 aromatic heterocycles. The minimum atomic E-state index is 0.557. The molecule has 7 nitrogen and oxygen atoms in total. The Labute approximate surface area is 140 Å². The Hall–Kier alpha value is -2.25. The van der Waals surface area contributed by atoms with Gasteiger partial charge < -0.3 is 14.2 Å². The van der Waals surface area contributed by atoms with Crippen molar-refractivity contribution < 1.29 is 9.26 Å². The highest BCUT2D eigenvalue weighted by Crippen LogP contribution is 2.18. The third kappa shape index (κ3) is 3.47. The molecule has 24 heavy (non-hydrogen) atoms. The maximum Gasteiger partial charge on any atom is 0.227 e. The number of pyridine rings is 1. The van der Waals surface area contributed by atoms with Crippen LogP contribution < -0.4 is 0 Å². The molecule has 4 heterocycles. The number of rotatable bonds is 6. The number of morpholine rings is 1. The molecule has 0 bridgehead atoms. The van der Waals surface area contributed by atoms with Crippen LogP contribution in [0.5, 0.6) is 0 Å². The molecular weight excluding hydrogens is 306 g/mol. The first-order valence-electron chi connectivity index (χ1n) is 8.46. The molecule has 7 heteroatoms. The van der Waals surface area contributed by atoms with Crippen molar-refractivity contribution in [2.75, 3.05) is 32.8 Å². The van der Waals surface area contributed by atoms with Crippen molar-refractivity contribution in [1.29, 1.82) is 0 Å². The van der Waals surface area contributed by atoms with Gasteiger partial charge in [0.1, 0.15) is 5.69 Å². The predicted octanol–water partition coefficient (Wildman–Crippen LogP) is 2.27. The summed E-state index contributed by atoms with van der Waals surface area (Å²) in [7, 11) is 0. The lowest BCUT2D eigenvalue weighted by atomic mass is 10.2. The van der Waals surface area contributed by atoms with Gasteiger partial charge in [-0.15, -0.1) is 0 Å². The summed E-state index contributed by atoms with van der Waals surface area (Å²) in [6.07, 6.45) is 4.86. The number of ether oxygens (including phenoxy) is 1. The molecule has 1 fully saturated rings. The molecule has 0 atom stereocenters. The van der Waals surface area contributed by atoms with E-state index < -0.39 is 0 Å². The average molecular weight is 327 g/mol. The van der Waals surface area contributed by atoms with E-state index in [1.807, 2.05) is 24.4 Å². The Morgan fingerprint density at radius 1 is 1.08 bits per heavy atom. The molecule has 126 valence electrons. The van der Waals surface area contributed by atoms with Gasteiger partial charge in [0.25, 0.3) is 0 Å². The second-order valence-corrected chi connectivity index (χ2v) is 6.03. The SMILES string of the molecule is c1cc2nc(-c3noc(CCCCN4CCOCC4)n3)ccc2[nH]1. The van der Waals surface area contributed by atoms with Crippen molar-refractivity contribution in [3.05, 3.63) is 30.3 Å². The quantitative estimate of drug-likeness (QED) is 0.700. The maximum absolute atomic E-state index is 5.36. The van der Waals surface area contributed by atoms with Crippen LogP contribution in [-0.4, -0.2) is 57.9 Å². The number of H-pyrrole nitrogens is 1. The smallest absolute Gasteiger partial charge is 0.227 e. The number of fused-ring (bicyclic) bond motifs is 1. The highest BCUT2D eigenvalue weighted by Gasteiger charge is 2.12. The number of nitrogens with zero attached hydrogens (tertiary/aromatic N) is 4. The van der Waals surface area contributed by atoms with Crippen molar-refractivity contribution in [2.45, 2.75) is 19.3 Å². The van der Waals surface area contributed by atoms with Crippen LogP contribution in [0, 0.1) is 0 Å². The van der Waals surface area contributed by atoms with E-state index in [2.05, 4.69) is 25.0 Å². The molecule has 1 saturated heterocycles. The summed E-state index contributed by atoms with van der Waals surface area (Å²) in [5.41, 5.74) is 2.65. The van der Waals surface area contributed by atoms with E-state index in [9.17, 15) is 0 Å². The van der Waals surface area contributed by atoms with Crippen LogP contribution >= 0.6 is 0 Å². The Kier molecular flexibility index (Phi) is 4.53. The normalized spacial score (nSPS) is 16.0. The predicted molar refractivity (Wildman–Crippen MR) is 89.6 cm³/mol. The summed E-state index contributed by atoms with van der Waals surface area (Å²) in [5.74, 6) is 1.24. The molecule has 0 saturated carbocycles. The Morgan fingerprint density at radius 3 is 2.92 bits per heavy atom. The molecule has 1 N–H and O–H groups in total. The minimum absolute atomic E-state index is 0.557. The van der Waals surface area contributed by atoms with E-state index in [1.54, 1.807) is 0 Å². The monoisotopic (exact) mass is 327 g/mol. The fraction of sp³-hybridized carbons (Fsp3) is 0.471. The fourth-order valence-electron chi connectivity index (χ4n) is 2.96. The summed E-state index contributed by atoms with van der Waals surface area (Å²) >= 11 is 0. The van der Waals surface area contributed by atoms with Crippen molar-refractivity contribution in [1.82, 2.24) is 25.0 Å². The highest BCUT2D eigenvalue weighted by atomic mass is 16.5. The van der Waals surface area contributed by atoms with Crippen LogP contribution in [0.2, 0.25) is 0 Å². The van der Waals surface area contributed by atoms with E-state index >= 15 is 0 Å². The van der Waals surface area contributed by atoms with Crippen LogP contribution in [-0.2, 0) is 11.2 Å². The van der Waals surface area contributed by atoms with E-state index in [-0.39, 0.29) is 0 Å². The first kappa shape index (κ1) is 15.3. The van der Waals surface area contributed by atoms with Gasteiger partial charge in [0.2, 0.25) is 11.7 Å². The van der Waals surface area contributed by atoms with Gasteiger partial charge in [0.15, 0.2) is 0 Å². The zero-order valence-electron chi connectivity index (χ0n) is 13.6. The van der Waals surface area contributed by atoms with Gasteiger partial charge in [-0.05, 0) is 37.6 Å². The summed E-state index contributed by atoms with van der Waals surface area (Å²) in [6, 6.07) is 5.83. The summed E-state index contributed by atoms with van der Waals surface area (Å²) in [4.78, 5) is 14.6. The van der Waals surface area contributed by atoms with Gasteiger partial charge in [-0.1, -0.05) is 5.16 Å². The summed E-state index contributed by atoms with van der Waals surface area (Å²) in [5, 5.41) is 4.06. The highest BCUT2D eigenvalue weighted by molar-refractivity contribution is 5.77. The average Bonchev–Trinajstić information content (AvgIpc) is 3.28. The standard InChI is InChI=1S/C17H21N5O2/c1(2-8-22-9-11-23-12-10-22)3-16-20-17(21-24-16)15-5-4-13-14(19-15)6-7-18-13/h4-7,18H,1-3,8-12H2. The zero-order chi connectivity index (χ0) is 16.2. The van der Waals surface area contributed by atoms with Gasteiger partial charge in [0.05, 0.1) is 24.2 Å². The molecule has 3 aromatic rings. The number of hydrogen-bond donors (Lipinski definition) is 1. The molecule has 0 radical (unpaired) electrons. The second-order valence-electron chi connectivity index (χ2n) is 6.03. The molecule has 0 spiro atoms. The largest absolute Gasteiger partial charge is 0.379 e. The number of unbranched alkanes of at least 4 members (excludes halogenated alkanes) is 1. The van der Waals surface area contributed by atoms with Crippen LogP contribution in [0.1, 0.15) is 18.7 Å². The van der Waals surface area contributed by atoms with Gasteiger partial charge in [-0.3, -0.25) is 4.90 Å². The van der Waals surface area contributed by atoms with Crippen molar-refractivity contribution in [2.24, 2.45) is 0 Å².